The van der Waals surface area contributed by atoms with Gasteiger partial charge in [-0.05, 0) is 31.2 Å². The molecule has 1 aromatic carbocycles. The van der Waals surface area contributed by atoms with Crippen LogP contribution in [0.2, 0.25) is 5.02 Å². The molecule has 2 aromatic heterocycles. The molecule has 1 aliphatic heterocycles. The number of hydrogen-bond acceptors (Lipinski definition) is 5. The van der Waals surface area contributed by atoms with Gasteiger partial charge in [-0.15, -0.1) is 0 Å². The van der Waals surface area contributed by atoms with E-state index in [2.05, 4.69) is 30.6 Å². The van der Waals surface area contributed by atoms with E-state index in [1.807, 2.05) is 6.92 Å². The number of anilines is 3. The number of fused-ring (bicyclic) bond motifs is 1. The second kappa shape index (κ2) is 6.23. The van der Waals surface area contributed by atoms with Crippen molar-refractivity contribution in [3.8, 4) is 0 Å². The third kappa shape index (κ3) is 2.80. The SMILES string of the molecule is Cc1nc[nH]c1C=C1C(=O)Nc2ncnc(Nc3ccc(F)c(Cl)c3)c21. The number of aromatic nitrogens is 4. The molecule has 4 rings (SSSR count). The number of nitrogens with one attached hydrogen (secondary N) is 3. The first kappa shape index (κ1) is 16.2. The Morgan fingerprint density at radius 3 is 2.85 bits per heavy atom. The predicted molar refractivity (Wildman–Crippen MR) is 96.6 cm³/mol. The molecule has 3 heterocycles. The molecule has 0 saturated heterocycles. The van der Waals surface area contributed by atoms with Crippen molar-refractivity contribution < 1.29 is 9.18 Å². The van der Waals surface area contributed by atoms with E-state index in [9.17, 15) is 9.18 Å². The zero-order valence-electron chi connectivity index (χ0n) is 13.5. The van der Waals surface area contributed by atoms with E-state index in [1.54, 1.807) is 12.4 Å². The first-order valence-corrected chi connectivity index (χ1v) is 8.01. The maximum absolute atomic E-state index is 13.4. The first-order chi connectivity index (χ1) is 12.5. The summed E-state index contributed by atoms with van der Waals surface area (Å²) in [6, 6.07) is 4.22. The molecule has 7 nitrogen and oxygen atoms in total. The van der Waals surface area contributed by atoms with Crippen LogP contribution >= 0.6 is 11.6 Å². The van der Waals surface area contributed by atoms with Crippen molar-refractivity contribution in [2.24, 2.45) is 0 Å². The van der Waals surface area contributed by atoms with Gasteiger partial charge in [0.25, 0.3) is 5.91 Å². The van der Waals surface area contributed by atoms with Crippen molar-refractivity contribution in [3.05, 3.63) is 58.6 Å². The molecule has 1 aliphatic rings. The highest BCUT2D eigenvalue weighted by Crippen LogP contribution is 2.37. The molecule has 9 heteroatoms. The minimum atomic E-state index is -0.516. The minimum Gasteiger partial charge on any atom is -0.345 e. The lowest BCUT2D eigenvalue weighted by Gasteiger charge is -2.10. The number of hydrogen-bond donors (Lipinski definition) is 3. The van der Waals surface area contributed by atoms with Crippen LogP contribution in [0, 0.1) is 12.7 Å². The van der Waals surface area contributed by atoms with Gasteiger partial charge in [0.05, 0.1) is 33.9 Å². The molecule has 1 amide bonds. The van der Waals surface area contributed by atoms with Crippen molar-refractivity contribution in [2.45, 2.75) is 6.92 Å². The van der Waals surface area contributed by atoms with Gasteiger partial charge in [-0.1, -0.05) is 11.6 Å². The fourth-order valence-corrected chi connectivity index (χ4v) is 2.81. The Labute approximate surface area is 152 Å². The summed E-state index contributed by atoms with van der Waals surface area (Å²) in [4.78, 5) is 27.8. The molecule has 0 aliphatic carbocycles. The number of halogens is 2. The first-order valence-electron chi connectivity index (χ1n) is 7.63. The van der Waals surface area contributed by atoms with E-state index in [-0.39, 0.29) is 10.9 Å². The van der Waals surface area contributed by atoms with E-state index >= 15 is 0 Å². The topological polar surface area (TPSA) is 95.6 Å². The van der Waals surface area contributed by atoms with E-state index in [4.69, 9.17) is 11.6 Å². The van der Waals surface area contributed by atoms with Crippen LogP contribution in [-0.4, -0.2) is 25.8 Å². The Balaban J connectivity index is 1.79. The summed E-state index contributed by atoms with van der Waals surface area (Å²) in [5.74, 6) is -0.0180. The van der Waals surface area contributed by atoms with Crippen LogP contribution in [0.3, 0.4) is 0 Å². The number of imidazole rings is 1. The highest BCUT2D eigenvalue weighted by atomic mass is 35.5. The molecule has 3 aromatic rings. The highest BCUT2D eigenvalue weighted by Gasteiger charge is 2.29. The Bertz CT molecular complexity index is 1060. The summed E-state index contributed by atoms with van der Waals surface area (Å²) >= 11 is 5.82. The zero-order valence-corrected chi connectivity index (χ0v) is 14.2. The summed E-state index contributed by atoms with van der Waals surface area (Å²) in [5, 5.41) is 5.75. The number of carbonyl (C=O) groups excluding carboxylic acids is 1. The van der Waals surface area contributed by atoms with Crippen molar-refractivity contribution in [2.75, 3.05) is 10.6 Å². The summed E-state index contributed by atoms with van der Waals surface area (Å²) in [7, 11) is 0. The summed E-state index contributed by atoms with van der Waals surface area (Å²) in [6.45, 7) is 1.83. The third-order valence-corrected chi connectivity index (χ3v) is 4.22. The number of benzene rings is 1. The van der Waals surface area contributed by atoms with Gasteiger partial charge in [-0.2, -0.15) is 0 Å². The average Bonchev–Trinajstić information content (AvgIpc) is 3.15. The van der Waals surface area contributed by atoms with Crippen molar-refractivity contribution >= 4 is 46.5 Å². The number of aryl methyl sites for hydroxylation is 1. The van der Waals surface area contributed by atoms with Crippen LogP contribution in [0.25, 0.3) is 11.6 Å². The van der Waals surface area contributed by atoms with Crippen LogP contribution in [0.4, 0.5) is 21.7 Å². The predicted octanol–water partition coefficient (Wildman–Crippen LogP) is 3.54. The van der Waals surface area contributed by atoms with Gasteiger partial charge in [-0.3, -0.25) is 4.79 Å². The van der Waals surface area contributed by atoms with Crippen LogP contribution in [0.15, 0.2) is 30.9 Å². The average molecular weight is 371 g/mol. The minimum absolute atomic E-state index is 0.0150. The van der Waals surface area contributed by atoms with Crippen molar-refractivity contribution in [3.63, 3.8) is 0 Å². The molecule has 0 radical (unpaired) electrons. The number of rotatable bonds is 3. The molecular weight excluding hydrogens is 359 g/mol. The molecule has 0 spiro atoms. The van der Waals surface area contributed by atoms with Gasteiger partial charge in [0.15, 0.2) is 0 Å². The van der Waals surface area contributed by atoms with E-state index < -0.39 is 5.82 Å². The molecule has 0 atom stereocenters. The monoisotopic (exact) mass is 370 g/mol. The lowest BCUT2D eigenvalue weighted by atomic mass is 10.1. The quantitative estimate of drug-likeness (QED) is 0.613. The van der Waals surface area contributed by atoms with Gasteiger partial charge in [0, 0.05) is 5.69 Å². The Hall–Kier alpha value is -3.26. The molecule has 0 unspecified atom stereocenters. The Morgan fingerprint density at radius 1 is 1.27 bits per heavy atom. The lowest BCUT2D eigenvalue weighted by Crippen LogP contribution is -2.04. The van der Waals surface area contributed by atoms with Gasteiger partial charge >= 0.3 is 0 Å². The second-order valence-electron chi connectivity index (χ2n) is 5.61. The second-order valence-corrected chi connectivity index (χ2v) is 6.02. The number of H-pyrrole nitrogens is 1. The zero-order chi connectivity index (χ0) is 18.3. The van der Waals surface area contributed by atoms with E-state index in [0.29, 0.717) is 34.2 Å². The van der Waals surface area contributed by atoms with Gasteiger partial charge < -0.3 is 15.6 Å². The fraction of sp³-hybridized carbons (Fsp3) is 0.0588. The molecule has 3 N–H and O–H groups in total. The van der Waals surface area contributed by atoms with Gasteiger partial charge in [-0.25, -0.2) is 19.3 Å². The number of nitrogens with zero attached hydrogens (tertiary/aromatic N) is 3. The Morgan fingerprint density at radius 2 is 2.12 bits per heavy atom. The molecule has 130 valence electrons. The molecule has 0 fully saturated rings. The summed E-state index contributed by atoms with van der Waals surface area (Å²) in [5.41, 5.74) is 2.92. The smallest absolute Gasteiger partial charge is 0.257 e. The van der Waals surface area contributed by atoms with Gasteiger partial charge in [0.1, 0.15) is 23.8 Å². The van der Waals surface area contributed by atoms with Crippen LogP contribution < -0.4 is 10.6 Å². The lowest BCUT2D eigenvalue weighted by molar-refractivity contribution is -0.110. The van der Waals surface area contributed by atoms with Crippen LogP contribution in [0.5, 0.6) is 0 Å². The molecule has 0 saturated carbocycles. The summed E-state index contributed by atoms with van der Waals surface area (Å²) < 4.78 is 13.4. The summed E-state index contributed by atoms with van der Waals surface area (Å²) in [6.07, 6.45) is 4.57. The Kier molecular flexibility index (Phi) is 3.89. The maximum atomic E-state index is 13.4. The van der Waals surface area contributed by atoms with Crippen molar-refractivity contribution in [1.82, 2.24) is 19.9 Å². The van der Waals surface area contributed by atoms with E-state index in [1.165, 1.54) is 24.5 Å². The van der Waals surface area contributed by atoms with Gasteiger partial charge in [0.2, 0.25) is 0 Å². The van der Waals surface area contributed by atoms with Crippen molar-refractivity contribution in [1.29, 1.82) is 0 Å². The largest absolute Gasteiger partial charge is 0.345 e. The van der Waals surface area contributed by atoms with Crippen LogP contribution in [0.1, 0.15) is 17.0 Å². The number of amides is 1. The third-order valence-electron chi connectivity index (χ3n) is 3.93. The molecular formula is C17H12ClFN6O. The standard InChI is InChI=1S/C17H12ClFN6O/c1-8-13(21-6-20-8)5-10-14-15(22-7-23-16(14)25-17(10)26)24-9-2-3-12(19)11(18)4-9/h2-7H,1H3,(H,20,21)(H2,22,23,24,25,26). The molecule has 26 heavy (non-hydrogen) atoms. The normalized spacial score (nSPS) is 14.4. The maximum Gasteiger partial charge on any atom is 0.257 e. The number of aromatic amines is 1. The highest BCUT2D eigenvalue weighted by molar-refractivity contribution is 6.35. The van der Waals surface area contributed by atoms with Crippen LogP contribution in [-0.2, 0) is 4.79 Å². The molecule has 0 bridgehead atoms. The fourth-order valence-electron chi connectivity index (χ4n) is 2.63. The van der Waals surface area contributed by atoms with E-state index in [0.717, 1.165) is 5.69 Å². The number of carbonyl (C=O) groups is 1.